The van der Waals surface area contributed by atoms with Crippen LogP contribution in [0.1, 0.15) is 58.8 Å². The van der Waals surface area contributed by atoms with Crippen LogP contribution in [-0.2, 0) is 9.53 Å². The van der Waals surface area contributed by atoms with E-state index in [-0.39, 0.29) is 5.97 Å². The first-order valence-electron chi connectivity index (χ1n) is 6.54. The van der Waals surface area contributed by atoms with Gasteiger partial charge in [0.05, 0.1) is 6.61 Å². The number of hydrogen-bond acceptors (Lipinski definition) is 2. The molecule has 0 saturated heterocycles. The second kappa shape index (κ2) is 12.8. The standard InChI is InChI=1S/C15H24O2/c1-3-4-5-6-7-8-9-10-11-12-13-14-17-15(2)16/h4-5H,3,8-14H2,1-2H3/b5-4-. The molecule has 0 spiro atoms. The smallest absolute Gasteiger partial charge is 0.302 e. The molecule has 0 heterocycles. The molecule has 0 saturated carbocycles. The zero-order valence-electron chi connectivity index (χ0n) is 11.1. The number of esters is 1. The molecule has 0 radical (unpaired) electrons. The van der Waals surface area contributed by atoms with Gasteiger partial charge >= 0.3 is 5.97 Å². The van der Waals surface area contributed by atoms with Crippen LogP contribution in [-0.4, -0.2) is 12.6 Å². The molecule has 2 heteroatoms. The Kier molecular flexibility index (Phi) is 11.9. The number of ether oxygens (including phenoxy) is 1. The average Bonchev–Trinajstić information content (AvgIpc) is 2.30. The molecule has 0 fully saturated rings. The van der Waals surface area contributed by atoms with Gasteiger partial charge in [0.25, 0.3) is 0 Å². The quantitative estimate of drug-likeness (QED) is 0.363. The normalized spacial score (nSPS) is 10.0. The monoisotopic (exact) mass is 236 g/mol. The third-order valence-electron chi connectivity index (χ3n) is 2.29. The van der Waals surface area contributed by atoms with E-state index in [1.807, 2.05) is 6.08 Å². The van der Waals surface area contributed by atoms with Crippen molar-refractivity contribution in [2.24, 2.45) is 0 Å². The van der Waals surface area contributed by atoms with Crippen LogP contribution < -0.4 is 0 Å². The van der Waals surface area contributed by atoms with Crippen molar-refractivity contribution in [2.75, 3.05) is 6.61 Å². The van der Waals surface area contributed by atoms with E-state index in [1.54, 1.807) is 0 Å². The van der Waals surface area contributed by atoms with Gasteiger partial charge < -0.3 is 4.74 Å². The minimum atomic E-state index is -0.180. The Morgan fingerprint density at radius 1 is 1.18 bits per heavy atom. The van der Waals surface area contributed by atoms with Crippen LogP contribution in [0.3, 0.4) is 0 Å². The molecular formula is C15H24O2. The molecule has 0 rings (SSSR count). The zero-order valence-corrected chi connectivity index (χ0v) is 11.1. The second-order valence-corrected chi connectivity index (χ2v) is 3.99. The third kappa shape index (κ3) is 14.8. The number of carbonyl (C=O) groups excluding carboxylic acids is 1. The maximum atomic E-state index is 10.5. The van der Waals surface area contributed by atoms with Crippen LogP contribution in [0, 0.1) is 11.8 Å². The molecule has 17 heavy (non-hydrogen) atoms. The van der Waals surface area contributed by atoms with E-state index in [9.17, 15) is 4.79 Å². The predicted molar refractivity (Wildman–Crippen MR) is 71.5 cm³/mol. The number of unbranched alkanes of at least 4 members (excludes halogenated alkanes) is 5. The summed E-state index contributed by atoms with van der Waals surface area (Å²) in [5, 5.41) is 0. The summed E-state index contributed by atoms with van der Waals surface area (Å²) >= 11 is 0. The van der Waals surface area contributed by atoms with Crippen molar-refractivity contribution in [1.29, 1.82) is 0 Å². The highest BCUT2D eigenvalue weighted by atomic mass is 16.5. The van der Waals surface area contributed by atoms with Crippen molar-refractivity contribution in [2.45, 2.75) is 58.8 Å². The topological polar surface area (TPSA) is 26.3 Å². The van der Waals surface area contributed by atoms with Gasteiger partial charge in [-0.15, -0.1) is 0 Å². The number of hydrogen-bond donors (Lipinski definition) is 0. The Morgan fingerprint density at radius 3 is 2.59 bits per heavy atom. The predicted octanol–water partition coefficient (Wildman–Crippen LogP) is 3.86. The molecule has 0 N–H and O–H groups in total. The Bertz CT molecular complexity index is 268. The molecule has 0 bridgehead atoms. The van der Waals surface area contributed by atoms with Crippen LogP contribution in [0.4, 0.5) is 0 Å². The van der Waals surface area contributed by atoms with Crippen molar-refractivity contribution in [3.8, 4) is 11.8 Å². The molecule has 0 aromatic carbocycles. The van der Waals surface area contributed by atoms with Gasteiger partial charge in [0.1, 0.15) is 0 Å². The molecule has 0 aliphatic rings. The van der Waals surface area contributed by atoms with E-state index in [2.05, 4.69) is 24.8 Å². The molecule has 0 atom stereocenters. The minimum absolute atomic E-state index is 0.180. The first-order valence-corrected chi connectivity index (χ1v) is 6.54. The van der Waals surface area contributed by atoms with Gasteiger partial charge in [-0.1, -0.05) is 44.1 Å². The summed E-state index contributed by atoms with van der Waals surface area (Å²) < 4.78 is 4.86. The van der Waals surface area contributed by atoms with Crippen LogP contribution in [0.25, 0.3) is 0 Å². The molecule has 0 unspecified atom stereocenters. The lowest BCUT2D eigenvalue weighted by Crippen LogP contribution is -1.99. The van der Waals surface area contributed by atoms with Crippen LogP contribution >= 0.6 is 0 Å². The van der Waals surface area contributed by atoms with Gasteiger partial charge in [0.2, 0.25) is 0 Å². The van der Waals surface area contributed by atoms with Gasteiger partial charge in [0.15, 0.2) is 0 Å². The summed E-state index contributed by atoms with van der Waals surface area (Å²) in [7, 11) is 0. The fraction of sp³-hybridized carbons (Fsp3) is 0.667. The highest BCUT2D eigenvalue weighted by Crippen LogP contribution is 2.04. The highest BCUT2D eigenvalue weighted by Gasteiger charge is 1.93. The Morgan fingerprint density at radius 2 is 1.88 bits per heavy atom. The number of carbonyl (C=O) groups is 1. The van der Waals surface area contributed by atoms with Crippen molar-refractivity contribution in [3.05, 3.63) is 12.2 Å². The molecule has 0 aliphatic carbocycles. The summed E-state index contributed by atoms with van der Waals surface area (Å²) in [6, 6.07) is 0. The van der Waals surface area contributed by atoms with E-state index in [0.717, 1.165) is 25.7 Å². The number of rotatable bonds is 8. The van der Waals surface area contributed by atoms with Crippen molar-refractivity contribution in [1.82, 2.24) is 0 Å². The van der Waals surface area contributed by atoms with Gasteiger partial charge in [0, 0.05) is 13.3 Å². The lowest BCUT2D eigenvalue weighted by Gasteiger charge is -2.01. The maximum Gasteiger partial charge on any atom is 0.302 e. The van der Waals surface area contributed by atoms with Gasteiger partial charge in [-0.05, 0) is 25.3 Å². The first-order chi connectivity index (χ1) is 8.27. The van der Waals surface area contributed by atoms with E-state index < -0.39 is 0 Å². The van der Waals surface area contributed by atoms with Crippen molar-refractivity contribution in [3.63, 3.8) is 0 Å². The maximum absolute atomic E-state index is 10.5. The van der Waals surface area contributed by atoms with E-state index in [0.29, 0.717) is 6.61 Å². The lowest BCUT2D eigenvalue weighted by atomic mass is 10.1. The van der Waals surface area contributed by atoms with Gasteiger partial charge in [-0.25, -0.2) is 0 Å². The minimum Gasteiger partial charge on any atom is -0.466 e. The summed E-state index contributed by atoms with van der Waals surface area (Å²) in [5.41, 5.74) is 0. The molecule has 96 valence electrons. The highest BCUT2D eigenvalue weighted by molar-refractivity contribution is 5.65. The first kappa shape index (κ1) is 15.8. The Labute approximate surface area is 105 Å². The molecule has 0 aliphatic heterocycles. The molecule has 2 nitrogen and oxygen atoms in total. The average molecular weight is 236 g/mol. The van der Waals surface area contributed by atoms with E-state index in [1.165, 1.54) is 26.2 Å². The number of allylic oxidation sites excluding steroid dienone is 2. The third-order valence-corrected chi connectivity index (χ3v) is 2.29. The van der Waals surface area contributed by atoms with E-state index in [4.69, 9.17) is 4.74 Å². The summed E-state index contributed by atoms with van der Waals surface area (Å²) in [6.45, 7) is 4.12. The fourth-order valence-corrected chi connectivity index (χ4v) is 1.37. The summed E-state index contributed by atoms with van der Waals surface area (Å²) in [4.78, 5) is 10.5. The summed E-state index contributed by atoms with van der Waals surface area (Å²) in [5.74, 6) is 5.97. The van der Waals surface area contributed by atoms with Crippen LogP contribution in [0.15, 0.2) is 12.2 Å². The van der Waals surface area contributed by atoms with Crippen molar-refractivity contribution < 1.29 is 9.53 Å². The van der Waals surface area contributed by atoms with Crippen LogP contribution in [0.5, 0.6) is 0 Å². The fourth-order valence-electron chi connectivity index (χ4n) is 1.37. The van der Waals surface area contributed by atoms with Gasteiger partial charge in [-0.2, -0.15) is 0 Å². The summed E-state index contributed by atoms with van der Waals surface area (Å²) in [6.07, 6.45) is 11.7. The van der Waals surface area contributed by atoms with Gasteiger partial charge in [-0.3, -0.25) is 4.79 Å². The molecule has 0 aromatic rings. The molecular weight excluding hydrogens is 212 g/mol. The Balaban J connectivity index is 3.15. The SMILES string of the molecule is CC/C=C\C#CCCCCCCCOC(C)=O. The largest absolute Gasteiger partial charge is 0.466 e. The molecule has 0 aromatic heterocycles. The zero-order chi connectivity index (χ0) is 12.8. The second-order valence-electron chi connectivity index (χ2n) is 3.99. The Hall–Kier alpha value is -1.23. The lowest BCUT2D eigenvalue weighted by molar-refractivity contribution is -0.141. The van der Waals surface area contributed by atoms with E-state index >= 15 is 0 Å². The van der Waals surface area contributed by atoms with Crippen molar-refractivity contribution >= 4 is 5.97 Å². The molecule has 0 amide bonds. The van der Waals surface area contributed by atoms with Crippen LogP contribution in [0.2, 0.25) is 0 Å².